The molecule has 1 aromatic rings. The Bertz CT molecular complexity index is 268. The summed E-state index contributed by atoms with van der Waals surface area (Å²) in [5, 5.41) is 7.99. The molecule has 1 aliphatic carbocycles. The van der Waals surface area contributed by atoms with Gasteiger partial charge in [0.05, 0.1) is 11.9 Å². The average Bonchev–Trinajstić information content (AvgIpc) is 2.06. The quantitative estimate of drug-likeness (QED) is 0.559. The minimum absolute atomic E-state index is 1.13. The first-order valence-electron chi connectivity index (χ1n) is 4.18. The van der Waals surface area contributed by atoms with Gasteiger partial charge in [-0.15, -0.1) is 0 Å². The number of aromatic nitrogens is 2. The van der Waals surface area contributed by atoms with Crippen LogP contribution in [0.1, 0.15) is 29.7 Å². The van der Waals surface area contributed by atoms with Crippen molar-refractivity contribution in [2.75, 3.05) is 0 Å². The van der Waals surface area contributed by atoms with Crippen LogP contribution in [0.15, 0.2) is 6.20 Å². The minimum Gasteiger partial charge on any atom is -0.159 e. The van der Waals surface area contributed by atoms with Crippen LogP contribution in [-0.2, 0) is 12.8 Å². The number of fused-ring (bicyclic) bond motifs is 1. The van der Waals surface area contributed by atoms with Crippen LogP contribution in [0.4, 0.5) is 0 Å². The third kappa shape index (κ3) is 1.13. The molecule has 0 aliphatic heterocycles. The Kier molecular flexibility index (Phi) is 1.60. The van der Waals surface area contributed by atoms with E-state index in [1.54, 1.807) is 0 Å². The van der Waals surface area contributed by atoms with E-state index in [0.29, 0.717) is 0 Å². The van der Waals surface area contributed by atoms with E-state index in [-0.39, 0.29) is 0 Å². The number of nitrogens with zero attached hydrogens (tertiary/aromatic N) is 2. The van der Waals surface area contributed by atoms with Gasteiger partial charge in [0.2, 0.25) is 0 Å². The summed E-state index contributed by atoms with van der Waals surface area (Å²) in [6, 6.07) is 0. The first-order chi connectivity index (χ1) is 5.38. The van der Waals surface area contributed by atoms with Crippen LogP contribution in [0.3, 0.4) is 0 Å². The molecule has 0 aromatic carbocycles. The van der Waals surface area contributed by atoms with E-state index in [1.807, 2.05) is 6.20 Å². The van der Waals surface area contributed by atoms with E-state index in [2.05, 4.69) is 17.1 Å². The zero-order valence-electron chi connectivity index (χ0n) is 6.80. The zero-order valence-corrected chi connectivity index (χ0v) is 6.80. The molecule has 0 atom stereocenters. The van der Waals surface area contributed by atoms with Gasteiger partial charge in [-0.3, -0.25) is 0 Å². The number of hydrogen-bond acceptors (Lipinski definition) is 2. The lowest BCUT2D eigenvalue weighted by atomic mass is 9.92. The van der Waals surface area contributed by atoms with Gasteiger partial charge >= 0.3 is 0 Å². The highest BCUT2D eigenvalue weighted by Crippen LogP contribution is 2.21. The second-order valence-electron chi connectivity index (χ2n) is 3.14. The number of rotatable bonds is 0. The fourth-order valence-electron chi connectivity index (χ4n) is 1.73. The Morgan fingerprint density at radius 3 is 2.91 bits per heavy atom. The zero-order chi connectivity index (χ0) is 7.68. The van der Waals surface area contributed by atoms with Crippen molar-refractivity contribution in [3.05, 3.63) is 23.0 Å². The second kappa shape index (κ2) is 2.61. The maximum atomic E-state index is 4.04. The van der Waals surface area contributed by atoms with Gasteiger partial charge in [-0.25, -0.2) is 0 Å². The van der Waals surface area contributed by atoms with Gasteiger partial charge in [0.1, 0.15) is 0 Å². The molecule has 0 saturated carbocycles. The molecule has 0 radical (unpaired) electrons. The first kappa shape index (κ1) is 6.77. The van der Waals surface area contributed by atoms with E-state index in [9.17, 15) is 0 Å². The molecule has 0 bridgehead atoms. The number of hydrogen-bond donors (Lipinski definition) is 0. The highest BCUT2D eigenvalue weighted by molar-refractivity contribution is 5.28. The standard InChI is InChI=1S/C9H12N2/c1-7-9-5-3-2-4-8(9)6-10-11-7/h6H,2-5H2,1H3. The maximum absolute atomic E-state index is 4.04. The van der Waals surface area contributed by atoms with E-state index in [0.717, 1.165) is 5.69 Å². The minimum atomic E-state index is 1.13. The molecule has 1 heterocycles. The van der Waals surface area contributed by atoms with Gasteiger partial charge in [-0.2, -0.15) is 10.2 Å². The van der Waals surface area contributed by atoms with Crippen LogP contribution < -0.4 is 0 Å². The smallest absolute Gasteiger partial charge is 0.0634 e. The lowest BCUT2D eigenvalue weighted by molar-refractivity contribution is 0.667. The maximum Gasteiger partial charge on any atom is 0.0634 e. The first-order valence-corrected chi connectivity index (χ1v) is 4.18. The fourth-order valence-corrected chi connectivity index (χ4v) is 1.73. The van der Waals surface area contributed by atoms with Crippen molar-refractivity contribution in [1.29, 1.82) is 0 Å². The van der Waals surface area contributed by atoms with Gasteiger partial charge in [-0.1, -0.05) is 0 Å². The second-order valence-corrected chi connectivity index (χ2v) is 3.14. The van der Waals surface area contributed by atoms with Crippen LogP contribution in [0, 0.1) is 6.92 Å². The Morgan fingerprint density at radius 1 is 1.27 bits per heavy atom. The molecule has 0 N–H and O–H groups in total. The summed E-state index contributed by atoms with van der Waals surface area (Å²) in [6.07, 6.45) is 6.96. The van der Waals surface area contributed by atoms with Crippen LogP contribution >= 0.6 is 0 Å². The van der Waals surface area contributed by atoms with Crippen molar-refractivity contribution in [2.45, 2.75) is 32.6 Å². The van der Waals surface area contributed by atoms with Gasteiger partial charge < -0.3 is 0 Å². The molecule has 0 unspecified atom stereocenters. The summed E-state index contributed by atoms with van der Waals surface area (Å²) in [5.41, 5.74) is 4.00. The lowest BCUT2D eigenvalue weighted by Crippen LogP contribution is -2.07. The molecule has 1 aromatic heterocycles. The van der Waals surface area contributed by atoms with Crippen LogP contribution in [-0.4, -0.2) is 10.2 Å². The summed E-state index contributed by atoms with van der Waals surface area (Å²) >= 11 is 0. The Balaban J connectivity index is 2.49. The monoisotopic (exact) mass is 148 g/mol. The average molecular weight is 148 g/mol. The molecule has 1 aliphatic rings. The highest BCUT2D eigenvalue weighted by Gasteiger charge is 2.11. The Hall–Kier alpha value is -0.920. The van der Waals surface area contributed by atoms with Gasteiger partial charge in [0, 0.05) is 0 Å². The summed E-state index contributed by atoms with van der Waals surface area (Å²) in [4.78, 5) is 0. The van der Waals surface area contributed by atoms with Gasteiger partial charge in [0.25, 0.3) is 0 Å². The molecule has 0 saturated heterocycles. The largest absolute Gasteiger partial charge is 0.159 e. The molecule has 58 valence electrons. The van der Waals surface area contributed by atoms with Crippen LogP contribution in [0.5, 0.6) is 0 Å². The lowest BCUT2D eigenvalue weighted by Gasteiger charge is -2.15. The van der Waals surface area contributed by atoms with Crippen molar-refractivity contribution in [3.63, 3.8) is 0 Å². The van der Waals surface area contributed by atoms with Gasteiger partial charge in [0.15, 0.2) is 0 Å². The van der Waals surface area contributed by atoms with E-state index >= 15 is 0 Å². The predicted molar refractivity (Wildman–Crippen MR) is 43.4 cm³/mol. The summed E-state index contributed by atoms with van der Waals surface area (Å²) in [6.45, 7) is 2.05. The van der Waals surface area contributed by atoms with Gasteiger partial charge in [-0.05, 0) is 43.7 Å². The van der Waals surface area contributed by atoms with Crippen LogP contribution in [0.25, 0.3) is 0 Å². The molecule has 0 amide bonds. The summed E-state index contributed by atoms with van der Waals surface area (Å²) in [7, 11) is 0. The molecule has 0 spiro atoms. The Morgan fingerprint density at radius 2 is 2.09 bits per heavy atom. The van der Waals surface area contributed by atoms with E-state index < -0.39 is 0 Å². The van der Waals surface area contributed by atoms with E-state index in [1.165, 1.54) is 36.8 Å². The van der Waals surface area contributed by atoms with Crippen molar-refractivity contribution < 1.29 is 0 Å². The topological polar surface area (TPSA) is 25.8 Å². The van der Waals surface area contributed by atoms with Crippen molar-refractivity contribution in [1.82, 2.24) is 10.2 Å². The Labute approximate surface area is 66.7 Å². The molecule has 11 heavy (non-hydrogen) atoms. The molecule has 2 heteroatoms. The summed E-state index contributed by atoms with van der Waals surface area (Å²) < 4.78 is 0. The van der Waals surface area contributed by atoms with Crippen molar-refractivity contribution >= 4 is 0 Å². The number of aryl methyl sites for hydroxylation is 2. The molecular weight excluding hydrogens is 136 g/mol. The van der Waals surface area contributed by atoms with E-state index in [4.69, 9.17) is 0 Å². The molecule has 0 fully saturated rings. The third-order valence-electron chi connectivity index (χ3n) is 2.37. The normalized spacial score (nSPS) is 16.1. The van der Waals surface area contributed by atoms with Crippen LogP contribution in [0.2, 0.25) is 0 Å². The molecule has 2 nitrogen and oxygen atoms in total. The molecular formula is C9H12N2. The van der Waals surface area contributed by atoms with Crippen molar-refractivity contribution in [3.8, 4) is 0 Å². The summed E-state index contributed by atoms with van der Waals surface area (Å²) in [5.74, 6) is 0. The van der Waals surface area contributed by atoms with Crippen molar-refractivity contribution in [2.24, 2.45) is 0 Å². The predicted octanol–water partition coefficient (Wildman–Crippen LogP) is 1.66. The SMILES string of the molecule is Cc1nncc2c1CCCC2. The molecule has 2 rings (SSSR count). The third-order valence-corrected chi connectivity index (χ3v) is 2.37. The fraction of sp³-hybridized carbons (Fsp3) is 0.556. The highest BCUT2D eigenvalue weighted by atomic mass is 15.1.